The first-order chi connectivity index (χ1) is 6.22. The molecule has 0 aromatic rings. The molecule has 0 aromatic heterocycles. The predicted octanol–water partition coefficient (Wildman–Crippen LogP) is 2.62. The van der Waals surface area contributed by atoms with Crippen molar-refractivity contribution in [2.75, 3.05) is 7.11 Å². The number of hydrogen-bond acceptors (Lipinski definition) is 2. The Morgan fingerprint density at radius 2 is 2.08 bits per heavy atom. The lowest BCUT2D eigenvalue weighted by molar-refractivity contribution is -0.142. The Hall–Kier alpha value is -0.530. The lowest BCUT2D eigenvalue weighted by Crippen LogP contribution is -2.05. The van der Waals surface area contributed by atoms with Crippen LogP contribution in [0.15, 0.2) is 0 Å². The fraction of sp³-hybridized carbons (Fsp3) is 0.909. The molecule has 3 atom stereocenters. The van der Waals surface area contributed by atoms with Crippen LogP contribution in [0.1, 0.15) is 39.5 Å². The van der Waals surface area contributed by atoms with E-state index in [2.05, 4.69) is 13.8 Å². The fourth-order valence-corrected chi connectivity index (χ4v) is 2.14. The first-order valence-corrected chi connectivity index (χ1v) is 5.30. The Balaban J connectivity index is 2.20. The van der Waals surface area contributed by atoms with Gasteiger partial charge in [-0.3, -0.25) is 4.79 Å². The average Bonchev–Trinajstić information content (AvgIpc) is 2.76. The Labute approximate surface area is 80.7 Å². The van der Waals surface area contributed by atoms with E-state index < -0.39 is 0 Å². The number of esters is 1. The van der Waals surface area contributed by atoms with Crippen LogP contribution in [0.4, 0.5) is 0 Å². The third-order valence-corrected chi connectivity index (χ3v) is 3.18. The molecule has 1 fully saturated rings. The highest BCUT2D eigenvalue weighted by Gasteiger charge is 2.51. The van der Waals surface area contributed by atoms with Crippen LogP contribution >= 0.6 is 0 Å². The number of carbonyl (C=O) groups is 1. The second-order valence-electron chi connectivity index (χ2n) is 4.07. The van der Waals surface area contributed by atoms with Gasteiger partial charge in [0.1, 0.15) is 0 Å². The van der Waals surface area contributed by atoms with Gasteiger partial charge in [0.15, 0.2) is 0 Å². The van der Waals surface area contributed by atoms with E-state index in [1.807, 2.05) is 0 Å². The molecular formula is C11H20O2. The molecule has 2 heteroatoms. The summed E-state index contributed by atoms with van der Waals surface area (Å²) in [6.07, 6.45) is 5.01. The van der Waals surface area contributed by atoms with Gasteiger partial charge in [0, 0.05) is 0 Å². The van der Waals surface area contributed by atoms with Gasteiger partial charge in [0.05, 0.1) is 13.0 Å². The van der Waals surface area contributed by atoms with E-state index in [1.165, 1.54) is 32.8 Å². The van der Waals surface area contributed by atoms with Gasteiger partial charge < -0.3 is 4.74 Å². The Morgan fingerprint density at radius 3 is 2.62 bits per heavy atom. The molecule has 0 aromatic carbocycles. The summed E-state index contributed by atoms with van der Waals surface area (Å²) in [4.78, 5) is 11.2. The second kappa shape index (κ2) is 4.64. The van der Waals surface area contributed by atoms with Crippen molar-refractivity contribution >= 4 is 5.97 Å². The number of hydrogen-bond donors (Lipinski definition) is 0. The van der Waals surface area contributed by atoms with Gasteiger partial charge in [0.25, 0.3) is 0 Å². The molecule has 1 aliphatic rings. The third kappa shape index (κ3) is 2.45. The maximum absolute atomic E-state index is 11.2. The molecule has 0 saturated heterocycles. The van der Waals surface area contributed by atoms with Crippen molar-refractivity contribution in [3.63, 3.8) is 0 Å². The maximum Gasteiger partial charge on any atom is 0.309 e. The average molecular weight is 184 g/mol. The molecule has 1 aliphatic carbocycles. The zero-order valence-corrected chi connectivity index (χ0v) is 8.88. The van der Waals surface area contributed by atoms with E-state index in [9.17, 15) is 4.79 Å². The monoisotopic (exact) mass is 184 g/mol. The van der Waals surface area contributed by atoms with Gasteiger partial charge in [-0.15, -0.1) is 0 Å². The van der Waals surface area contributed by atoms with Gasteiger partial charge in [-0.05, 0) is 18.3 Å². The van der Waals surface area contributed by atoms with Crippen LogP contribution in [0.3, 0.4) is 0 Å². The first-order valence-electron chi connectivity index (χ1n) is 5.30. The van der Waals surface area contributed by atoms with Crippen LogP contribution in [0, 0.1) is 17.8 Å². The van der Waals surface area contributed by atoms with Crippen molar-refractivity contribution < 1.29 is 9.53 Å². The first kappa shape index (κ1) is 10.6. The summed E-state index contributed by atoms with van der Waals surface area (Å²) in [5, 5.41) is 0. The predicted molar refractivity (Wildman–Crippen MR) is 52.3 cm³/mol. The summed E-state index contributed by atoms with van der Waals surface area (Å²) in [6.45, 7) is 4.35. The van der Waals surface area contributed by atoms with Crippen molar-refractivity contribution in [3.8, 4) is 0 Å². The van der Waals surface area contributed by atoms with Crippen LogP contribution in [0.2, 0.25) is 0 Å². The zero-order valence-electron chi connectivity index (χ0n) is 8.88. The van der Waals surface area contributed by atoms with Crippen LogP contribution < -0.4 is 0 Å². The summed E-state index contributed by atoms with van der Waals surface area (Å²) in [5.41, 5.74) is 0. The Bertz CT molecular complexity index is 177. The largest absolute Gasteiger partial charge is 0.469 e. The molecule has 76 valence electrons. The van der Waals surface area contributed by atoms with E-state index in [-0.39, 0.29) is 11.9 Å². The van der Waals surface area contributed by atoms with Crippen molar-refractivity contribution in [1.29, 1.82) is 0 Å². The van der Waals surface area contributed by atoms with Gasteiger partial charge in [-0.1, -0.05) is 33.1 Å². The Kier molecular flexibility index (Phi) is 3.76. The summed E-state index contributed by atoms with van der Waals surface area (Å²) < 4.78 is 4.74. The minimum absolute atomic E-state index is 0.00556. The summed E-state index contributed by atoms with van der Waals surface area (Å²) in [6, 6.07) is 0. The number of rotatable bonds is 5. The minimum Gasteiger partial charge on any atom is -0.469 e. The van der Waals surface area contributed by atoms with Gasteiger partial charge in [-0.25, -0.2) is 0 Å². The highest BCUT2D eigenvalue weighted by molar-refractivity contribution is 5.76. The fourth-order valence-electron chi connectivity index (χ4n) is 2.14. The molecule has 1 saturated carbocycles. The lowest BCUT2D eigenvalue weighted by atomic mass is 10.1. The number of unbranched alkanes of at least 4 members (excludes halogenated alkanes) is 2. The molecule has 2 nitrogen and oxygen atoms in total. The highest BCUT2D eigenvalue weighted by Crippen LogP contribution is 2.49. The van der Waals surface area contributed by atoms with Crippen LogP contribution in [-0.2, 0) is 9.53 Å². The third-order valence-electron chi connectivity index (χ3n) is 3.18. The smallest absolute Gasteiger partial charge is 0.309 e. The standard InChI is InChI=1S/C11H20O2/c1-4-5-6-7-9-8(2)10(9)11(12)13-3/h8-10H,4-7H2,1-3H3/t8-,9-,10-/m1/s1. The van der Waals surface area contributed by atoms with Crippen molar-refractivity contribution in [3.05, 3.63) is 0 Å². The molecule has 13 heavy (non-hydrogen) atoms. The normalized spacial score (nSPS) is 31.5. The van der Waals surface area contributed by atoms with E-state index in [4.69, 9.17) is 4.74 Å². The molecule has 0 bridgehead atoms. The molecule has 0 N–H and O–H groups in total. The SMILES string of the molecule is CCCCC[C@@H]1[C@@H](C)[C@H]1C(=O)OC. The van der Waals surface area contributed by atoms with Crippen LogP contribution in [0.5, 0.6) is 0 Å². The van der Waals surface area contributed by atoms with Gasteiger partial charge >= 0.3 is 5.97 Å². The molecule has 0 amide bonds. The van der Waals surface area contributed by atoms with E-state index in [0.29, 0.717) is 11.8 Å². The number of carbonyl (C=O) groups excluding carboxylic acids is 1. The number of ether oxygens (including phenoxy) is 1. The molecule has 0 radical (unpaired) electrons. The lowest BCUT2D eigenvalue weighted by Gasteiger charge is -1.97. The molecular weight excluding hydrogens is 164 g/mol. The van der Waals surface area contributed by atoms with Gasteiger partial charge in [0.2, 0.25) is 0 Å². The topological polar surface area (TPSA) is 26.3 Å². The number of methoxy groups -OCH3 is 1. The summed E-state index contributed by atoms with van der Waals surface area (Å²) >= 11 is 0. The molecule has 0 aliphatic heterocycles. The van der Waals surface area contributed by atoms with Crippen LogP contribution in [-0.4, -0.2) is 13.1 Å². The highest BCUT2D eigenvalue weighted by atomic mass is 16.5. The van der Waals surface area contributed by atoms with Gasteiger partial charge in [-0.2, -0.15) is 0 Å². The molecule has 0 spiro atoms. The Morgan fingerprint density at radius 1 is 1.38 bits per heavy atom. The van der Waals surface area contributed by atoms with E-state index >= 15 is 0 Å². The second-order valence-corrected chi connectivity index (χ2v) is 4.07. The maximum atomic E-state index is 11.2. The molecule has 0 unspecified atom stereocenters. The summed E-state index contributed by atoms with van der Waals surface area (Å²) in [5.74, 6) is 1.37. The zero-order chi connectivity index (χ0) is 9.84. The molecule has 1 rings (SSSR count). The van der Waals surface area contributed by atoms with Crippen molar-refractivity contribution in [2.45, 2.75) is 39.5 Å². The van der Waals surface area contributed by atoms with Crippen molar-refractivity contribution in [1.82, 2.24) is 0 Å². The summed E-state index contributed by atoms with van der Waals surface area (Å²) in [7, 11) is 1.48. The minimum atomic E-state index is -0.00556. The van der Waals surface area contributed by atoms with E-state index in [1.54, 1.807) is 0 Å². The van der Waals surface area contributed by atoms with Crippen LogP contribution in [0.25, 0.3) is 0 Å². The molecule has 0 heterocycles. The van der Waals surface area contributed by atoms with E-state index in [0.717, 1.165) is 0 Å². The van der Waals surface area contributed by atoms with Crippen molar-refractivity contribution in [2.24, 2.45) is 17.8 Å². The quantitative estimate of drug-likeness (QED) is 0.485.